The van der Waals surface area contributed by atoms with Crippen molar-refractivity contribution in [1.29, 1.82) is 0 Å². The van der Waals surface area contributed by atoms with E-state index in [2.05, 4.69) is 0 Å². The van der Waals surface area contributed by atoms with Crippen molar-refractivity contribution in [3.8, 4) is 0 Å². The van der Waals surface area contributed by atoms with Gasteiger partial charge in [0, 0.05) is 43.8 Å². The highest BCUT2D eigenvalue weighted by molar-refractivity contribution is 7.86. The topological polar surface area (TPSA) is 193 Å². The molecule has 4 aliphatic rings. The van der Waals surface area contributed by atoms with Crippen molar-refractivity contribution in [2.45, 2.75) is 9.79 Å². The third-order valence-electron chi connectivity index (χ3n) is 8.97. The number of hydrogen-bond acceptors (Lipinski definition) is 10. The Morgan fingerprint density at radius 2 is 0.980 bits per heavy atom. The molecule has 0 atom stereocenters. The van der Waals surface area contributed by atoms with Gasteiger partial charge < -0.3 is 7.10 Å². The van der Waals surface area contributed by atoms with Crippen LogP contribution < -0.4 is 11.0 Å². The first-order valence-corrected chi connectivity index (χ1v) is 20.5. The molecule has 10 rings (SSSR count). The lowest BCUT2D eigenvalue weighted by Gasteiger charge is -2.15. The van der Waals surface area contributed by atoms with E-state index in [0.717, 1.165) is 16.5 Å². The quantitative estimate of drug-likeness (QED) is 0.201. The summed E-state index contributed by atoms with van der Waals surface area (Å²) in [5.41, 5.74) is 3.05. The highest BCUT2D eigenvalue weighted by Gasteiger charge is 2.38. The van der Waals surface area contributed by atoms with Gasteiger partial charge in [0.2, 0.25) is 0 Å². The number of aromatic nitrogens is 2. The van der Waals surface area contributed by atoms with Crippen LogP contribution in [0.25, 0.3) is 21.5 Å². The molecule has 14 nitrogen and oxygen atoms in total. The largest absolute Gasteiger partial charge is 0.722 e. The monoisotopic (exact) mass is 734 g/mol. The van der Waals surface area contributed by atoms with E-state index in [1.807, 2.05) is 52.1 Å². The highest BCUT2D eigenvalue weighted by Crippen LogP contribution is 2.42. The molecule has 2 N–H and O–H groups in total. The predicted molar refractivity (Wildman–Crippen MR) is 187 cm³/mol. The molecule has 0 unspecified atom stereocenters. The van der Waals surface area contributed by atoms with Crippen LogP contribution in [-0.2, 0) is 20.2 Å². The zero-order chi connectivity index (χ0) is 34.3. The number of aliphatic imine (C=N–C) groups is 4. The standard InChI is InChI=1S/C32H16N8O6S2.Al.ClH/c41-47(42,43)15-9-11-21-23(13-15)31-38-29(21)36-27-19-7-3-1-5-17(19)25(34-27)33-26-18-6-2-4-8-20(18)28(35-26)37-30-22-12-10-16(48(44,45)46)14-24(22)32(39-30)40-31;;/h1-14H,(H2-2,33,34,35,36,37,38,39,40,41,42,43,44,45,46);;1H/q-2;+3;/p-1. The zero-order valence-corrected chi connectivity index (χ0v) is 28.5. The number of hydrogen-bond donors (Lipinski definition) is 2. The molecule has 2 aromatic heterocycles. The normalized spacial score (nSPS) is 15.8. The smallest absolute Gasteiger partial charge is 0.370 e. The number of rotatable bonds is 2. The van der Waals surface area contributed by atoms with Crippen molar-refractivity contribution in [3.63, 3.8) is 0 Å². The van der Waals surface area contributed by atoms with Crippen molar-refractivity contribution in [2.24, 2.45) is 30.0 Å². The van der Waals surface area contributed by atoms with Gasteiger partial charge in [-0.05, 0) is 36.4 Å². The van der Waals surface area contributed by atoms with Crippen molar-refractivity contribution in [1.82, 2.24) is 7.10 Å². The Labute approximate surface area is 290 Å². The van der Waals surface area contributed by atoms with Gasteiger partial charge in [0.25, 0.3) is 20.2 Å². The van der Waals surface area contributed by atoms with E-state index < -0.39 is 33.9 Å². The summed E-state index contributed by atoms with van der Waals surface area (Å²) in [5.74, 6) is 1.46. The number of fused-ring (bicyclic) bond motifs is 14. The fourth-order valence-corrected chi connectivity index (χ4v) is 10.7. The van der Waals surface area contributed by atoms with Crippen LogP contribution >= 0.6 is 10.0 Å². The van der Waals surface area contributed by atoms with E-state index in [1.54, 1.807) is 3.55 Å². The average Bonchev–Trinajstić information content (AvgIpc) is 3.79. The SMILES string of the molecule is O=S(=O)(O)c1ccc2c(c1)C1=Nc3c4cc(S(=O)(=O)O)ccc4c4[n]3[Al]([Cl])[n]3c(c5ccccc5c3=NC2=N1)=NC1=NC(=N4)c2ccccc21. The molecule has 0 spiro atoms. The Kier molecular flexibility index (Phi) is 5.95. The van der Waals surface area contributed by atoms with Gasteiger partial charge in [0.05, 0.1) is 9.79 Å². The van der Waals surface area contributed by atoms with Gasteiger partial charge in [-0.1, -0.05) is 48.5 Å². The van der Waals surface area contributed by atoms with Crippen LogP contribution in [0, 0.1) is 0 Å². The fourth-order valence-electron chi connectivity index (χ4n) is 6.75. The van der Waals surface area contributed by atoms with Gasteiger partial charge in [-0.15, -0.1) is 0 Å². The minimum absolute atomic E-state index is 0.0343. The molecular weight excluding hydrogens is 719 g/mol. The predicted octanol–water partition coefficient (Wildman–Crippen LogP) is 3.65. The Hall–Kier alpha value is -5.12. The Morgan fingerprint density at radius 3 is 1.58 bits per heavy atom. The van der Waals surface area contributed by atoms with Gasteiger partial charge in [-0.2, -0.15) is 26.9 Å². The molecule has 0 radical (unpaired) electrons. The maximum absolute atomic E-state index is 12.4. The minimum Gasteiger partial charge on any atom is -0.370 e. The molecule has 6 bridgehead atoms. The van der Waals surface area contributed by atoms with E-state index >= 15 is 0 Å². The van der Waals surface area contributed by atoms with Crippen LogP contribution in [0.2, 0.25) is 0 Å². The van der Waals surface area contributed by atoms with E-state index in [1.165, 1.54) is 36.4 Å². The third-order valence-corrected chi connectivity index (χ3v) is 13.7. The Morgan fingerprint density at radius 1 is 0.500 bits per heavy atom. The lowest BCUT2D eigenvalue weighted by Crippen LogP contribution is -2.43. The molecule has 4 aliphatic heterocycles. The van der Waals surface area contributed by atoms with Gasteiger partial charge >= 0.3 is 13.7 Å². The molecule has 6 aromatic rings. The first-order valence-electron chi connectivity index (χ1n) is 14.9. The summed E-state index contributed by atoms with van der Waals surface area (Å²) in [6.45, 7) is 0. The molecule has 6 heterocycles. The molecule has 0 saturated heterocycles. The average molecular weight is 735 g/mol. The summed E-state index contributed by atoms with van der Waals surface area (Å²) in [7, 11) is -1.58. The summed E-state index contributed by atoms with van der Waals surface area (Å²) < 4.78 is 72.8. The molecule has 0 fully saturated rings. The second-order valence-corrected chi connectivity index (χ2v) is 17.4. The number of benzene rings is 4. The molecule has 0 amide bonds. The van der Waals surface area contributed by atoms with E-state index in [0.29, 0.717) is 44.8 Å². The van der Waals surface area contributed by atoms with Gasteiger partial charge in [-0.25, -0.2) is 30.0 Å². The van der Waals surface area contributed by atoms with Crippen molar-refractivity contribution >= 4 is 100 Å². The summed E-state index contributed by atoms with van der Waals surface area (Å²) in [5, 5.41) is 2.15. The van der Waals surface area contributed by atoms with E-state index in [9.17, 15) is 25.9 Å². The second kappa shape index (κ2) is 9.99. The first kappa shape index (κ1) is 29.8. The van der Waals surface area contributed by atoms with Crippen LogP contribution in [0.1, 0.15) is 22.3 Å². The molecule has 50 heavy (non-hydrogen) atoms. The summed E-state index contributed by atoms with van der Waals surface area (Å²) in [4.78, 5) is 28.9. The van der Waals surface area contributed by atoms with Crippen molar-refractivity contribution < 1.29 is 25.9 Å². The molecule has 4 aromatic carbocycles. The Bertz CT molecular complexity index is 3130. The third kappa shape index (κ3) is 4.13. The van der Waals surface area contributed by atoms with Gasteiger partial charge in [-0.3, -0.25) is 9.11 Å². The van der Waals surface area contributed by atoms with E-state index in [-0.39, 0.29) is 38.2 Å². The maximum Gasteiger partial charge on any atom is 0.722 e. The summed E-state index contributed by atoms with van der Waals surface area (Å²) >= 11 is -3.15. The molecular formula is C32H16AlClN8O6S2. The van der Waals surface area contributed by atoms with Gasteiger partial charge in [0.15, 0.2) is 23.3 Å². The fraction of sp³-hybridized carbons (Fsp3) is 0. The molecule has 242 valence electrons. The van der Waals surface area contributed by atoms with Crippen LogP contribution in [-0.4, -0.2) is 70.1 Å². The number of halogens is 1. The molecule has 18 heteroatoms. The van der Waals surface area contributed by atoms with E-state index in [4.69, 9.17) is 40.0 Å². The van der Waals surface area contributed by atoms with Crippen LogP contribution in [0.5, 0.6) is 0 Å². The van der Waals surface area contributed by atoms with Gasteiger partial charge in [0.1, 0.15) is 22.6 Å². The van der Waals surface area contributed by atoms with Crippen molar-refractivity contribution in [3.05, 3.63) is 118 Å². The first-order chi connectivity index (χ1) is 24.0. The van der Waals surface area contributed by atoms with Crippen LogP contribution in [0.3, 0.4) is 0 Å². The number of amidine groups is 4. The lowest BCUT2D eigenvalue weighted by atomic mass is 10.1. The minimum atomic E-state index is -4.66. The Balaban J connectivity index is 1.46. The van der Waals surface area contributed by atoms with Crippen molar-refractivity contribution in [2.75, 3.05) is 0 Å². The lowest BCUT2D eigenvalue weighted by molar-refractivity contribution is 0.481. The maximum atomic E-state index is 12.4. The van der Waals surface area contributed by atoms with Crippen LogP contribution in [0.15, 0.2) is 125 Å². The number of nitrogens with zero attached hydrogens (tertiary/aromatic N) is 8. The molecule has 0 aliphatic carbocycles. The summed E-state index contributed by atoms with van der Waals surface area (Å²) in [6.07, 6.45) is 0. The highest BCUT2D eigenvalue weighted by atomic mass is 35.6. The second-order valence-electron chi connectivity index (χ2n) is 11.8. The zero-order valence-electron chi connectivity index (χ0n) is 25.0. The summed E-state index contributed by atoms with van der Waals surface area (Å²) in [6, 6.07) is 23.1. The molecule has 0 saturated carbocycles. The van der Waals surface area contributed by atoms with Crippen LogP contribution in [0.4, 0.5) is 11.6 Å².